The van der Waals surface area contributed by atoms with Crippen LogP contribution in [-0.2, 0) is 9.59 Å². The third kappa shape index (κ3) is 9.58. The second-order valence-electron chi connectivity index (χ2n) is 9.22. The number of para-hydroxylation sites is 2. The lowest BCUT2D eigenvalue weighted by Gasteiger charge is -2.33. The van der Waals surface area contributed by atoms with E-state index in [-0.39, 0.29) is 0 Å². The Kier molecular flexibility index (Phi) is 10.9. The molecule has 4 rings (SSSR count). The van der Waals surface area contributed by atoms with E-state index in [1.807, 2.05) is 0 Å². The largest absolute Gasteiger partial charge is 0.478 e. The van der Waals surface area contributed by atoms with E-state index in [2.05, 4.69) is 102 Å². The Morgan fingerprint density at radius 3 is 1.86 bits per heavy atom. The molecular weight excluding hydrogens is 464 g/mol. The topological polar surface area (TPSA) is 81.1 Å². The van der Waals surface area contributed by atoms with E-state index < -0.39 is 11.9 Å². The van der Waals surface area contributed by atoms with Crippen molar-refractivity contribution in [1.29, 1.82) is 0 Å². The number of likely N-dealkylation sites (tertiary alicyclic amines) is 1. The van der Waals surface area contributed by atoms with Crippen molar-refractivity contribution in [2.45, 2.75) is 32.1 Å². The van der Waals surface area contributed by atoms with Crippen LogP contribution < -0.4 is 4.90 Å². The molecule has 1 heterocycles. The number of carbonyl (C=O) groups is 2. The van der Waals surface area contributed by atoms with Gasteiger partial charge in [-0.25, -0.2) is 9.59 Å². The van der Waals surface area contributed by atoms with Crippen LogP contribution in [0.1, 0.15) is 36.3 Å². The lowest BCUT2D eigenvalue weighted by Crippen LogP contribution is -2.35. The Bertz CT molecular complexity index is 1080. The summed E-state index contributed by atoms with van der Waals surface area (Å²) in [7, 11) is 0. The van der Waals surface area contributed by atoms with Gasteiger partial charge in [0.1, 0.15) is 0 Å². The summed E-state index contributed by atoms with van der Waals surface area (Å²) in [6.07, 6.45) is 4.86. The van der Waals surface area contributed by atoms with E-state index in [0.717, 1.165) is 12.5 Å². The first kappa shape index (κ1) is 27.7. The highest BCUT2D eigenvalue weighted by molar-refractivity contribution is 5.89. The van der Waals surface area contributed by atoms with Crippen LogP contribution in [0.3, 0.4) is 0 Å². The van der Waals surface area contributed by atoms with Crippen molar-refractivity contribution in [2.24, 2.45) is 0 Å². The molecule has 0 spiro atoms. The fourth-order valence-electron chi connectivity index (χ4n) is 4.63. The summed E-state index contributed by atoms with van der Waals surface area (Å²) < 4.78 is 0. The predicted octanol–water partition coefficient (Wildman–Crippen LogP) is 6.11. The summed E-state index contributed by atoms with van der Waals surface area (Å²) in [5.41, 5.74) is 5.46. The van der Waals surface area contributed by atoms with Gasteiger partial charge in [-0.1, -0.05) is 66.2 Å². The number of aryl methyl sites for hydroxylation is 1. The van der Waals surface area contributed by atoms with Crippen LogP contribution in [0, 0.1) is 6.92 Å². The van der Waals surface area contributed by atoms with Crippen LogP contribution in [0.2, 0.25) is 0 Å². The van der Waals surface area contributed by atoms with E-state index in [1.54, 1.807) is 0 Å². The maximum absolute atomic E-state index is 9.55. The average Bonchev–Trinajstić information content (AvgIpc) is 2.92. The van der Waals surface area contributed by atoms with Gasteiger partial charge in [0.25, 0.3) is 0 Å². The molecule has 0 bridgehead atoms. The van der Waals surface area contributed by atoms with Gasteiger partial charge in [-0.3, -0.25) is 0 Å². The van der Waals surface area contributed by atoms with Gasteiger partial charge >= 0.3 is 11.9 Å². The highest BCUT2D eigenvalue weighted by Crippen LogP contribution is 2.29. The van der Waals surface area contributed by atoms with Gasteiger partial charge in [0.2, 0.25) is 0 Å². The smallest absolute Gasteiger partial charge is 0.328 e. The van der Waals surface area contributed by atoms with Crippen molar-refractivity contribution in [3.05, 3.63) is 108 Å². The summed E-state index contributed by atoms with van der Waals surface area (Å²) in [6, 6.07) is 30.6. The molecular formula is C31H36N2O4. The van der Waals surface area contributed by atoms with Crippen LogP contribution in [0.25, 0.3) is 0 Å². The molecule has 0 aromatic heterocycles. The maximum atomic E-state index is 9.55. The van der Waals surface area contributed by atoms with Crippen molar-refractivity contribution >= 4 is 23.3 Å². The number of rotatable bonds is 9. The van der Waals surface area contributed by atoms with E-state index in [9.17, 15) is 9.59 Å². The van der Waals surface area contributed by atoms with Crippen LogP contribution in [0.5, 0.6) is 0 Å². The van der Waals surface area contributed by atoms with Gasteiger partial charge in [-0.15, -0.1) is 0 Å². The van der Waals surface area contributed by atoms with Gasteiger partial charge in [-0.05, 0) is 81.6 Å². The summed E-state index contributed by atoms with van der Waals surface area (Å²) >= 11 is 0. The van der Waals surface area contributed by atoms with Gasteiger partial charge in [0, 0.05) is 30.1 Å². The molecule has 2 N–H and O–H groups in total. The Morgan fingerprint density at radius 2 is 1.38 bits per heavy atom. The lowest BCUT2D eigenvalue weighted by molar-refractivity contribution is -0.134. The molecule has 1 aliphatic rings. The SMILES string of the molecule is Cc1cccc(C2CCN(CCCN(c3ccccc3)c3ccccc3)CC2)c1.O=C(O)C=CC(=O)O. The monoisotopic (exact) mass is 500 g/mol. The summed E-state index contributed by atoms with van der Waals surface area (Å²) in [6.45, 7) is 6.86. The Labute approximate surface area is 219 Å². The Morgan fingerprint density at radius 1 is 0.838 bits per heavy atom. The van der Waals surface area contributed by atoms with E-state index in [1.165, 1.54) is 61.4 Å². The van der Waals surface area contributed by atoms with Crippen LogP contribution in [-0.4, -0.2) is 53.2 Å². The molecule has 3 aromatic rings. The zero-order valence-corrected chi connectivity index (χ0v) is 21.4. The number of hydrogen-bond donors (Lipinski definition) is 2. The number of piperidine rings is 1. The fraction of sp³-hybridized carbons (Fsp3) is 0.290. The summed E-state index contributed by atoms with van der Waals surface area (Å²) in [5, 5.41) is 15.6. The van der Waals surface area contributed by atoms with Gasteiger partial charge in [0.05, 0.1) is 0 Å². The normalized spacial score (nSPS) is 14.1. The quantitative estimate of drug-likeness (QED) is 0.345. The van der Waals surface area contributed by atoms with Gasteiger partial charge in [0.15, 0.2) is 0 Å². The molecule has 0 aliphatic carbocycles. The van der Waals surface area contributed by atoms with Crippen molar-refractivity contribution < 1.29 is 19.8 Å². The average molecular weight is 501 g/mol. The summed E-state index contributed by atoms with van der Waals surface area (Å²) in [5.74, 6) is -1.78. The van der Waals surface area contributed by atoms with E-state index >= 15 is 0 Å². The molecule has 0 atom stereocenters. The first-order valence-electron chi connectivity index (χ1n) is 12.7. The minimum Gasteiger partial charge on any atom is -0.478 e. The number of carboxylic acids is 2. The molecule has 1 saturated heterocycles. The van der Waals surface area contributed by atoms with Gasteiger partial charge < -0.3 is 20.0 Å². The maximum Gasteiger partial charge on any atom is 0.328 e. The molecule has 0 saturated carbocycles. The zero-order chi connectivity index (χ0) is 26.5. The minimum absolute atomic E-state index is 0.558. The second kappa shape index (κ2) is 14.6. The third-order valence-electron chi connectivity index (χ3n) is 6.46. The van der Waals surface area contributed by atoms with Crippen molar-refractivity contribution in [1.82, 2.24) is 4.90 Å². The second-order valence-corrected chi connectivity index (χ2v) is 9.22. The number of benzene rings is 3. The van der Waals surface area contributed by atoms with Crippen LogP contribution in [0.4, 0.5) is 11.4 Å². The first-order chi connectivity index (χ1) is 17.9. The van der Waals surface area contributed by atoms with E-state index in [0.29, 0.717) is 12.2 Å². The number of aliphatic carboxylic acids is 2. The van der Waals surface area contributed by atoms with Crippen molar-refractivity contribution in [2.75, 3.05) is 31.1 Å². The fourth-order valence-corrected chi connectivity index (χ4v) is 4.63. The highest BCUT2D eigenvalue weighted by atomic mass is 16.4. The van der Waals surface area contributed by atoms with Crippen LogP contribution >= 0.6 is 0 Å². The number of hydrogen-bond acceptors (Lipinski definition) is 4. The number of carboxylic acid groups (broad SMARTS) is 2. The molecule has 0 radical (unpaired) electrons. The zero-order valence-electron chi connectivity index (χ0n) is 21.4. The third-order valence-corrected chi connectivity index (χ3v) is 6.46. The van der Waals surface area contributed by atoms with Crippen molar-refractivity contribution in [3.63, 3.8) is 0 Å². The van der Waals surface area contributed by atoms with Crippen LogP contribution in [0.15, 0.2) is 97.1 Å². The molecule has 194 valence electrons. The highest BCUT2D eigenvalue weighted by Gasteiger charge is 2.20. The minimum atomic E-state index is -1.26. The van der Waals surface area contributed by atoms with E-state index in [4.69, 9.17) is 10.2 Å². The summed E-state index contributed by atoms with van der Waals surface area (Å²) in [4.78, 5) is 24.2. The first-order valence-corrected chi connectivity index (χ1v) is 12.7. The Hall–Kier alpha value is -3.90. The number of nitrogens with zero attached hydrogens (tertiary/aromatic N) is 2. The molecule has 37 heavy (non-hydrogen) atoms. The molecule has 6 heteroatoms. The van der Waals surface area contributed by atoms with Gasteiger partial charge in [-0.2, -0.15) is 0 Å². The lowest BCUT2D eigenvalue weighted by atomic mass is 9.88. The Balaban J connectivity index is 0.000000414. The molecule has 1 fully saturated rings. The van der Waals surface area contributed by atoms with Crippen molar-refractivity contribution in [3.8, 4) is 0 Å². The standard InChI is InChI=1S/C27H32N2.C4H4O4/c1-23-10-8-11-25(22-23)24-16-20-28(21-17-24)18-9-19-29(26-12-4-2-5-13-26)27-14-6-3-7-15-27;5-3(6)1-2-4(7)8/h2-8,10-15,22,24H,9,16-21H2,1H3;1-2H,(H,5,6)(H,7,8). The molecule has 3 aromatic carbocycles. The molecule has 0 amide bonds. The molecule has 0 unspecified atom stereocenters. The predicted molar refractivity (Wildman–Crippen MR) is 149 cm³/mol. The molecule has 6 nitrogen and oxygen atoms in total. The number of anilines is 2. The molecule has 1 aliphatic heterocycles.